The van der Waals surface area contributed by atoms with E-state index in [0.717, 1.165) is 6.61 Å². The lowest BCUT2D eigenvalue weighted by atomic mass is 9.68. The topological polar surface area (TPSA) is 9.23 Å². The van der Waals surface area contributed by atoms with E-state index in [1.54, 1.807) is 0 Å². The maximum Gasteiger partial charge on any atom is 0.0553 e. The van der Waals surface area contributed by atoms with Gasteiger partial charge in [0.2, 0.25) is 0 Å². The van der Waals surface area contributed by atoms with Crippen LogP contribution in [-0.2, 0) is 4.74 Å². The lowest BCUT2D eigenvalue weighted by Crippen LogP contribution is -2.29. The van der Waals surface area contributed by atoms with E-state index in [2.05, 4.69) is 6.92 Å². The zero-order valence-electron chi connectivity index (χ0n) is 6.02. The molecule has 1 saturated carbocycles. The summed E-state index contributed by atoms with van der Waals surface area (Å²) >= 11 is 0. The van der Waals surface area contributed by atoms with Gasteiger partial charge in [-0.1, -0.05) is 6.42 Å². The monoisotopic (exact) mass is 126 g/mol. The molecule has 52 valence electrons. The van der Waals surface area contributed by atoms with E-state index in [4.69, 9.17) is 4.74 Å². The molecule has 0 amide bonds. The smallest absolute Gasteiger partial charge is 0.0553 e. The van der Waals surface area contributed by atoms with Crippen LogP contribution in [0.4, 0.5) is 0 Å². The van der Waals surface area contributed by atoms with Gasteiger partial charge < -0.3 is 4.74 Å². The highest BCUT2D eigenvalue weighted by atomic mass is 16.5. The largest absolute Gasteiger partial charge is 0.378 e. The molecule has 9 heavy (non-hydrogen) atoms. The third-order valence-electron chi connectivity index (χ3n) is 2.81. The molecule has 2 rings (SSSR count). The molecule has 0 bridgehead atoms. The molecule has 1 heterocycles. The van der Waals surface area contributed by atoms with Gasteiger partial charge in [-0.2, -0.15) is 0 Å². The Morgan fingerprint density at radius 3 is 2.44 bits per heavy atom. The Bertz CT molecular complexity index is 116. The molecule has 0 aromatic carbocycles. The predicted molar refractivity (Wildman–Crippen MR) is 36.3 cm³/mol. The summed E-state index contributed by atoms with van der Waals surface area (Å²) < 4.78 is 5.51. The minimum atomic E-state index is 0.547. The standard InChI is InChI=1S/C8H14O/c1-7-5-8(6-9-7)3-2-4-8/h7H,2-6H2,1H3. The maximum atomic E-state index is 5.51. The molecule has 0 radical (unpaired) electrons. The summed E-state index contributed by atoms with van der Waals surface area (Å²) in [6.07, 6.45) is 6.17. The predicted octanol–water partition coefficient (Wildman–Crippen LogP) is 1.97. The van der Waals surface area contributed by atoms with E-state index in [9.17, 15) is 0 Å². The fraction of sp³-hybridized carbons (Fsp3) is 1.00. The second-order valence-electron chi connectivity index (χ2n) is 3.68. The lowest BCUT2D eigenvalue weighted by molar-refractivity contribution is 0.0743. The van der Waals surface area contributed by atoms with Crippen molar-refractivity contribution in [1.29, 1.82) is 0 Å². The van der Waals surface area contributed by atoms with Crippen LogP contribution >= 0.6 is 0 Å². The van der Waals surface area contributed by atoms with Crippen molar-refractivity contribution in [2.75, 3.05) is 6.61 Å². The highest BCUT2D eigenvalue weighted by Crippen LogP contribution is 2.48. The maximum absolute atomic E-state index is 5.51. The normalized spacial score (nSPS) is 39.0. The van der Waals surface area contributed by atoms with Gasteiger partial charge in [0.15, 0.2) is 0 Å². The van der Waals surface area contributed by atoms with Gasteiger partial charge in [-0.05, 0) is 31.6 Å². The summed E-state index contributed by atoms with van der Waals surface area (Å²) in [5.41, 5.74) is 0.666. The van der Waals surface area contributed by atoms with Crippen LogP contribution in [0.1, 0.15) is 32.6 Å². The van der Waals surface area contributed by atoms with Crippen molar-refractivity contribution >= 4 is 0 Å². The first-order valence-electron chi connectivity index (χ1n) is 3.92. The van der Waals surface area contributed by atoms with E-state index in [1.165, 1.54) is 25.7 Å². The number of hydrogen-bond acceptors (Lipinski definition) is 1. The molecule has 1 unspecified atom stereocenters. The van der Waals surface area contributed by atoms with Gasteiger partial charge in [0, 0.05) is 0 Å². The quantitative estimate of drug-likeness (QED) is 0.482. The van der Waals surface area contributed by atoms with Crippen LogP contribution in [0.5, 0.6) is 0 Å². The van der Waals surface area contributed by atoms with Crippen molar-refractivity contribution in [3.05, 3.63) is 0 Å². The van der Waals surface area contributed by atoms with Crippen molar-refractivity contribution in [3.8, 4) is 0 Å². The zero-order chi connectivity index (χ0) is 6.32. The summed E-state index contributed by atoms with van der Waals surface area (Å²) in [7, 11) is 0. The fourth-order valence-electron chi connectivity index (χ4n) is 2.07. The van der Waals surface area contributed by atoms with E-state index in [-0.39, 0.29) is 0 Å². The van der Waals surface area contributed by atoms with Crippen molar-refractivity contribution < 1.29 is 4.74 Å². The van der Waals surface area contributed by atoms with Crippen molar-refractivity contribution in [3.63, 3.8) is 0 Å². The third-order valence-corrected chi connectivity index (χ3v) is 2.81. The van der Waals surface area contributed by atoms with Gasteiger partial charge in [-0.3, -0.25) is 0 Å². The molecule has 1 nitrogen and oxygen atoms in total. The molecule has 2 fully saturated rings. The van der Waals surface area contributed by atoms with E-state index >= 15 is 0 Å². The summed E-state index contributed by atoms with van der Waals surface area (Å²) in [4.78, 5) is 0. The minimum Gasteiger partial charge on any atom is -0.378 e. The fourth-order valence-corrected chi connectivity index (χ4v) is 2.07. The Morgan fingerprint density at radius 2 is 2.22 bits per heavy atom. The van der Waals surface area contributed by atoms with Gasteiger partial charge in [0.05, 0.1) is 12.7 Å². The van der Waals surface area contributed by atoms with Crippen LogP contribution in [0.2, 0.25) is 0 Å². The van der Waals surface area contributed by atoms with Gasteiger partial charge in [0.25, 0.3) is 0 Å². The number of rotatable bonds is 0. The van der Waals surface area contributed by atoms with E-state index < -0.39 is 0 Å². The highest BCUT2D eigenvalue weighted by molar-refractivity contribution is 4.92. The second kappa shape index (κ2) is 1.72. The van der Waals surface area contributed by atoms with Crippen molar-refractivity contribution in [2.24, 2.45) is 5.41 Å². The van der Waals surface area contributed by atoms with Gasteiger partial charge in [0.1, 0.15) is 0 Å². The van der Waals surface area contributed by atoms with E-state index in [0.29, 0.717) is 11.5 Å². The third kappa shape index (κ3) is 0.787. The molecule has 1 heteroatoms. The average Bonchev–Trinajstić information content (AvgIpc) is 2.09. The number of ether oxygens (including phenoxy) is 1. The summed E-state index contributed by atoms with van der Waals surface area (Å²) in [5, 5.41) is 0. The van der Waals surface area contributed by atoms with Crippen LogP contribution < -0.4 is 0 Å². The Labute approximate surface area is 56.4 Å². The molecule has 0 aromatic rings. The van der Waals surface area contributed by atoms with Gasteiger partial charge >= 0.3 is 0 Å². The molecule has 1 atom stereocenters. The molecular weight excluding hydrogens is 112 g/mol. The average molecular weight is 126 g/mol. The van der Waals surface area contributed by atoms with Gasteiger partial charge in [-0.25, -0.2) is 0 Å². The van der Waals surface area contributed by atoms with Crippen LogP contribution in [0, 0.1) is 5.41 Å². The Balaban J connectivity index is 1.99. The summed E-state index contributed by atoms with van der Waals surface area (Å²) in [6.45, 7) is 3.24. The first kappa shape index (κ1) is 5.72. The Morgan fingerprint density at radius 1 is 1.44 bits per heavy atom. The summed E-state index contributed by atoms with van der Waals surface area (Å²) in [6, 6.07) is 0. The summed E-state index contributed by atoms with van der Waals surface area (Å²) in [5.74, 6) is 0. The highest BCUT2D eigenvalue weighted by Gasteiger charge is 2.42. The van der Waals surface area contributed by atoms with Crippen LogP contribution in [0.15, 0.2) is 0 Å². The lowest BCUT2D eigenvalue weighted by Gasteiger charge is -2.36. The SMILES string of the molecule is CC1CC2(CCC2)CO1. The van der Waals surface area contributed by atoms with Crippen LogP contribution in [-0.4, -0.2) is 12.7 Å². The Kier molecular flexibility index (Phi) is 1.10. The van der Waals surface area contributed by atoms with Crippen LogP contribution in [0.25, 0.3) is 0 Å². The van der Waals surface area contributed by atoms with Crippen molar-refractivity contribution in [1.82, 2.24) is 0 Å². The second-order valence-corrected chi connectivity index (χ2v) is 3.68. The molecule has 1 aliphatic carbocycles. The molecule has 1 spiro atoms. The van der Waals surface area contributed by atoms with E-state index in [1.807, 2.05) is 0 Å². The molecule has 0 aromatic heterocycles. The Hall–Kier alpha value is -0.0400. The van der Waals surface area contributed by atoms with Crippen LogP contribution in [0.3, 0.4) is 0 Å². The van der Waals surface area contributed by atoms with Crippen molar-refractivity contribution in [2.45, 2.75) is 38.7 Å². The number of hydrogen-bond donors (Lipinski definition) is 0. The molecule has 0 N–H and O–H groups in total. The molecule has 2 aliphatic rings. The minimum absolute atomic E-state index is 0.547. The molecule has 1 saturated heterocycles. The van der Waals surface area contributed by atoms with Gasteiger partial charge in [-0.15, -0.1) is 0 Å². The first-order chi connectivity index (χ1) is 4.31. The first-order valence-corrected chi connectivity index (χ1v) is 3.92. The molecular formula is C8H14O. The molecule has 1 aliphatic heterocycles. The zero-order valence-corrected chi connectivity index (χ0v) is 6.02.